The molecule has 3 heteroatoms. The highest BCUT2D eigenvalue weighted by Crippen LogP contribution is 2.42. The Kier molecular flexibility index (Phi) is 4.54. The minimum atomic E-state index is -1.36. The standard InChI is InChI=1S/C33H28N2Si/c1-36(2,3)25-19-17-24(18-20-25)35-29-16-10-8-14-27(29)33-31(35)22-21-30-32(33)26-13-7-9-15-28(26)34(30)23-11-5-4-6-12-23/h4-22H,1-3H3. The number of aromatic nitrogens is 2. The summed E-state index contributed by atoms with van der Waals surface area (Å²) < 4.78 is 4.84. The van der Waals surface area contributed by atoms with Crippen LogP contribution in [0.4, 0.5) is 0 Å². The molecule has 2 aromatic heterocycles. The fourth-order valence-corrected chi connectivity index (χ4v) is 6.93. The highest BCUT2D eigenvalue weighted by molar-refractivity contribution is 6.88. The van der Waals surface area contributed by atoms with Crippen LogP contribution in [0.3, 0.4) is 0 Å². The van der Waals surface area contributed by atoms with E-state index in [9.17, 15) is 0 Å². The van der Waals surface area contributed by atoms with Gasteiger partial charge in [-0.2, -0.15) is 0 Å². The molecule has 0 radical (unpaired) electrons. The Morgan fingerprint density at radius 3 is 1.36 bits per heavy atom. The van der Waals surface area contributed by atoms with Crippen molar-refractivity contribution < 1.29 is 0 Å². The topological polar surface area (TPSA) is 9.86 Å². The van der Waals surface area contributed by atoms with Crippen LogP contribution in [-0.4, -0.2) is 17.2 Å². The fraction of sp³-hybridized carbons (Fsp3) is 0.0909. The molecule has 0 bridgehead atoms. The highest BCUT2D eigenvalue weighted by Gasteiger charge is 2.21. The van der Waals surface area contributed by atoms with Crippen molar-refractivity contribution in [2.75, 3.05) is 0 Å². The number of rotatable bonds is 3. The number of hydrogen-bond donors (Lipinski definition) is 0. The maximum absolute atomic E-state index is 2.44. The second kappa shape index (κ2) is 7.71. The Labute approximate surface area is 212 Å². The van der Waals surface area contributed by atoms with Crippen molar-refractivity contribution in [1.29, 1.82) is 0 Å². The van der Waals surface area contributed by atoms with E-state index in [0.717, 1.165) is 0 Å². The summed E-state index contributed by atoms with van der Waals surface area (Å²) in [5, 5.41) is 6.71. The molecule has 0 saturated carbocycles. The molecule has 0 N–H and O–H groups in total. The fourth-order valence-electron chi connectivity index (χ4n) is 5.76. The van der Waals surface area contributed by atoms with Crippen LogP contribution >= 0.6 is 0 Å². The van der Waals surface area contributed by atoms with Gasteiger partial charge >= 0.3 is 0 Å². The van der Waals surface area contributed by atoms with E-state index < -0.39 is 8.07 Å². The summed E-state index contributed by atoms with van der Waals surface area (Å²) in [5.41, 5.74) is 7.38. The highest BCUT2D eigenvalue weighted by atomic mass is 28.3. The van der Waals surface area contributed by atoms with Crippen molar-refractivity contribution >= 4 is 56.9 Å². The van der Waals surface area contributed by atoms with Gasteiger partial charge in [-0.05, 0) is 48.5 Å². The Balaban J connectivity index is 1.63. The summed E-state index contributed by atoms with van der Waals surface area (Å²) >= 11 is 0. The summed E-state index contributed by atoms with van der Waals surface area (Å²) in [6.07, 6.45) is 0. The van der Waals surface area contributed by atoms with Gasteiger partial charge in [0.15, 0.2) is 0 Å². The average Bonchev–Trinajstić information content (AvgIpc) is 3.41. The van der Waals surface area contributed by atoms with Gasteiger partial charge in [0.2, 0.25) is 0 Å². The molecule has 0 aliphatic heterocycles. The summed E-state index contributed by atoms with van der Waals surface area (Å²) in [7, 11) is -1.36. The Morgan fingerprint density at radius 2 is 0.861 bits per heavy atom. The van der Waals surface area contributed by atoms with Gasteiger partial charge in [-0.1, -0.05) is 91.6 Å². The van der Waals surface area contributed by atoms with Gasteiger partial charge in [0.1, 0.15) is 0 Å². The van der Waals surface area contributed by atoms with Crippen molar-refractivity contribution in [3.63, 3.8) is 0 Å². The van der Waals surface area contributed by atoms with Crippen LogP contribution in [0.5, 0.6) is 0 Å². The molecule has 0 amide bonds. The predicted octanol–water partition coefficient (Wildman–Crippen LogP) is 8.43. The quantitative estimate of drug-likeness (QED) is 0.225. The van der Waals surface area contributed by atoms with E-state index in [4.69, 9.17) is 0 Å². The Hall–Kier alpha value is -4.08. The first-order chi connectivity index (χ1) is 17.5. The lowest BCUT2D eigenvalue weighted by Gasteiger charge is -2.17. The van der Waals surface area contributed by atoms with Crippen LogP contribution in [0.15, 0.2) is 115 Å². The van der Waals surface area contributed by atoms with Crippen molar-refractivity contribution in [1.82, 2.24) is 9.13 Å². The van der Waals surface area contributed by atoms with E-state index in [0.29, 0.717) is 0 Å². The number of hydrogen-bond acceptors (Lipinski definition) is 0. The van der Waals surface area contributed by atoms with Gasteiger partial charge in [0, 0.05) is 32.9 Å². The second-order valence-corrected chi connectivity index (χ2v) is 15.8. The molecule has 2 heterocycles. The van der Waals surface area contributed by atoms with Crippen LogP contribution in [0.2, 0.25) is 19.6 Å². The van der Waals surface area contributed by atoms with E-state index >= 15 is 0 Å². The number of benzene rings is 5. The summed E-state index contributed by atoms with van der Waals surface area (Å²) in [4.78, 5) is 0. The normalized spacial score (nSPS) is 12.3. The van der Waals surface area contributed by atoms with Crippen LogP contribution in [0.25, 0.3) is 55.0 Å². The summed E-state index contributed by atoms with van der Waals surface area (Å²) in [6.45, 7) is 7.21. The van der Waals surface area contributed by atoms with Crippen LogP contribution < -0.4 is 5.19 Å². The van der Waals surface area contributed by atoms with Crippen molar-refractivity contribution in [2.45, 2.75) is 19.6 Å². The van der Waals surface area contributed by atoms with Gasteiger partial charge in [-0.15, -0.1) is 0 Å². The van der Waals surface area contributed by atoms with E-state index in [1.165, 1.54) is 60.2 Å². The molecule has 7 aromatic rings. The Bertz CT molecular complexity index is 1900. The molecule has 0 saturated heterocycles. The van der Waals surface area contributed by atoms with Crippen LogP contribution in [0, 0.1) is 0 Å². The lowest BCUT2D eigenvalue weighted by atomic mass is 10.1. The lowest BCUT2D eigenvalue weighted by Crippen LogP contribution is -2.37. The summed E-state index contributed by atoms with van der Waals surface area (Å²) in [5.74, 6) is 0. The average molecular weight is 481 g/mol. The maximum Gasteiger partial charge on any atom is 0.0775 e. The summed E-state index contributed by atoms with van der Waals surface area (Å²) in [6, 6.07) is 42.2. The molecule has 0 spiro atoms. The van der Waals surface area contributed by atoms with E-state index in [1.54, 1.807) is 0 Å². The molecule has 5 aromatic carbocycles. The first-order valence-electron chi connectivity index (χ1n) is 12.6. The van der Waals surface area contributed by atoms with Crippen molar-refractivity contribution in [2.24, 2.45) is 0 Å². The van der Waals surface area contributed by atoms with E-state index in [-0.39, 0.29) is 0 Å². The minimum absolute atomic E-state index is 1.19. The molecule has 0 aliphatic carbocycles. The number of para-hydroxylation sites is 3. The lowest BCUT2D eigenvalue weighted by molar-refractivity contribution is 1.17. The van der Waals surface area contributed by atoms with Gasteiger partial charge in [0.25, 0.3) is 0 Å². The van der Waals surface area contributed by atoms with Gasteiger partial charge < -0.3 is 9.13 Å². The van der Waals surface area contributed by atoms with Gasteiger partial charge in [0.05, 0.1) is 30.1 Å². The third-order valence-corrected chi connectivity index (χ3v) is 9.54. The molecule has 0 fully saturated rings. The molecule has 2 nitrogen and oxygen atoms in total. The molecular weight excluding hydrogens is 452 g/mol. The monoisotopic (exact) mass is 480 g/mol. The number of fused-ring (bicyclic) bond motifs is 7. The van der Waals surface area contributed by atoms with Gasteiger partial charge in [-0.3, -0.25) is 0 Å². The van der Waals surface area contributed by atoms with Crippen LogP contribution in [0.1, 0.15) is 0 Å². The SMILES string of the molecule is C[Si](C)(C)c1ccc(-n2c3ccccc3c3c4c5ccccc5n(-c5ccccc5)c4ccc32)cc1. The molecule has 0 aliphatic rings. The molecule has 0 atom stereocenters. The van der Waals surface area contributed by atoms with E-state index in [2.05, 4.69) is 144 Å². The smallest absolute Gasteiger partial charge is 0.0775 e. The minimum Gasteiger partial charge on any atom is -0.309 e. The third-order valence-electron chi connectivity index (χ3n) is 7.48. The molecule has 7 rings (SSSR count). The first-order valence-corrected chi connectivity index (χ1v) is 16.1. The van der Waals surface area contributed by atoms with Crippen molar-refractivity contribution in [3.05, 3.63) is 115 Å². The Morgan fingerprint density at radius 1 is 0.417 bits per heavy atom. The predicted molar refractivity (Wildman–Crippen MR) is 158 cm³/mol. The first kappa shape index (κ1) is 21.2. The molecule has 0 unspecified atom stereocenters. The van der Waals surface area contributed by atoms with E-state index in [1.807, 2.05) is 0 Å². The third kappa shape index (κ3) is 3.03. The molecule has 36 heavy (non-hydrogen) atoms. The second-order valence-electron chi connectivity index (χ2n) is 10.7. The maximum atomic E-state index is 2.44. The van der Waals surface area contributed by atoms with Crippen molar-refractivity contribution in [3.8, 4) is 11.4 Å². The zero-order valence-corrected chi connectivity index (χ0v) is 21.9. The molecule has 174 valence electrons. The van der Waals surface area contributed by atoms with Gasteiger partial charge in [-0.25, -0.2) is 0 Å². The largest absolute Gasteiger partial charge is 0.309 e. The van der Waals surface area contributed by atoms with Crippen LogP contribution in [-0.2, 0) is 0 Å². The number of nitrogens with zero attached hydrogens (tertiary/aromatic N) is 2. The zero-order valence-electron chi connectivity index (χ0n) is 20.9. The zero-order chi connectivity index (χ0) is 24.4. The molecular formula is C33H28N2Si.